The van der Waals surface area contributed by atoms with E-state index in [1.165, 1.54) is 0 Å². The van der Waals surface area contributed by atoms with Gasteiger partial charge in [0.2, 0.25) is 0 Å². The molecule has 1 rings (SSSR count). The minimum Gasteiger partial charge on any atom is -0.352 e. The molecule has 0 heterocycles. The Kier molecular flexibility index (Phi) is 5.56. The third-order valence-electron chi connectivity index (χ3n) is 2.01. The molecule has 0 bridgehead atoms. The Hall–Kier alpha value is -0.800. The number of amides is 1. The molecule has 0 atom stereocenters. The first kappa shape index (κ1) is 13.3. The van der Waals surface area contributed by atoms with Crippen LogP contribution in [-0.2, 0) is 0 Å². The van der Waals surface area contributed by atoms with Gasteiger partial charge in [0.15, 0.2) is 0 Å². The van der Waals surface area contributed by atoms with Gasteiger partial charge in [0.1, 0.15) is 0 Å². The highest BCUT2D eigenvalue weighted by atomic mass is 79.9. The molecule has 16 heavy (non-hydrogen) atoms. The average molecular weight is 303 g/mol. The second-order valence-corrected chi connectivity index (χ2v) is 4.56. The minimum atomic E-state index is -0.137. The highest BCUT2D eigenvalue weighted by Crippen LogP contribution is 2.21. The van der Waals surface area contributed by atoms with E-state index in [0.29, 0.717) is 17.1 Å². The van der Waals surface area contributed by atoms with Crippen molar-refractivity contribution >= 4 is 33.4 Å². The van der Waals surface area contributed by atoms with Gasteiger partial charge in [0.25, 0.3) is 5.91 Å². The molecule has 1 aromatic rings. The lowest BCUT2D eigenvalue weighted by atomic mass is 10.2. The average Bonchev–Trinajstić information content (AvgIpc) is 2.24. The summed E-state index contributed by atoms with van der Waals surface area (Å²) in [6.45, 7) is 2.57. The van der Waals surface area contributed by atoms with E-state index in [4.69, 9.17) is 11.6 Å². The van der Waals surface area contributed by atoms with Crippen molar-refractivity contribution in [2.24, 2.45) is 0 Å². The molecule has 0 aliphatic carbocycles. The van der Waals surface area contributed by atoms with Gasteiger partial charge >= 0.3 is 0 Å². The van der Waals surface area contributed by atoms with Crippen LogP contribution in [0.15, 0.2) is 34.8 Å². The Morgan fingerprint density at radius 2 is 2.31 bits per heavy atom. The molecule has 0 unspecified atom stereocenters. The molecule has 86 valence electrons. The van der Waals surface area contributed by atoms with Crippen LogP contribution in [0.2, 0.25) is 5.02 Å². The van der Waals surface area contributed by atoms with Crippen LogP contribution < -0.4 is 5.32 Å². The number of allylic oxidation sites excluding steroid dienone is 1. The predicted octanol–water partition coefficient (Wildman–Crippen LogP) is 3.80. The normalized spacial score (nSPS) is 10.7. The molecule has 0 radical (unpaired) electrons. The smallest absolute Gasteiger partial charge is 0.252 e. The summed E-state index contributed by atoms with van der Waals surface area (Å²) in [4.78, 5) is 11.7. The van der Waals surface area contributed by atoms with Crippen molar-refractivity contribution < 1.29 is 4.79 Å². The summed E-state index contributed by atoms with van der Waals surface area (Å²) < 4.78 is 0.864. The number of hydrogen-bond donors (Lipinski definition) is 1. The van der Waals surface area contributed by atoms with Crippen molar-refractivity contribution in [1.29, 1.82) is 0 Å². The first-order chi connectivity index (χ1) is 7.65. The summed E-state index contributed by atoms with van der Waals surface area (Å²) in [6.07, 6.45) is 4.79. The predicted molar refractivity (Wildman–Crippen MR) is 70.9 cm³/mol. The highest BCUT2D eigenvalue weighted by Gasteiger charge is 2.09. The lowest BCUT2D eigenvalue weighted by Crippen LogP contribution is -2.24. The monoisotopic (exact) mass is 301 g/mol. The van der Waals surface area contributed by atoms with Crippen LogP contribution in [-0.4, -0.2) is 12.5 Å². The van der Waals surface area contributed by atoms with Gasteiger partial charge in [0.05, 0.1) is 10.6 Å². The molecule has 1 N–H and O–H groups in total. The molecule has 2 nitrogen and oxygen atoms in total. The van der Waals surface area contributed by atoms with Crippen LogP contribution in [0.4, 0.5) is 0 Å². The highest BCUT2D eigenvalue weighted by molar-refractivity contribution is 9.10. The Labute approximate surface area is 109 Å². The maximum absolute atomic E-state index is 11.7. The van der Waals surface area contributed by atoms with E-state index >= 15 is 0 Å². The van der Waals surface area contributed by atoms with E-state index in [2.05, 4.69) is 21.2 Å². The molecule has 1 amide bonds. The van der Waals surface area contributed by atoms with Crippen LogP contribution >= 0.6 is 27.5 Å². The number of carbonyl (C=O) groups is 1. The van der Waals surface area contributed by atoms with Crippen LogP contribution in [0.3, 0.4) is 0 Å². The second kappa shape index (κ2) is 6.71. The van der Waals surface area contributed by atoms with E-state index in [1.54, 1.807) is 18.2 Å². The minimum absolute atomic E-state index is 0.137. The van der Waals surface area contributed by atoms with E-state index in [0.717, 1.165) is 10.9 Å². The third-order valence-corrected chi connectivity index (χ3v) is 2.81. The van der Waals surface area contributed by atoms with Gasteiger partial charge < -0.3 is 5.32 Å². The Balaban J connectivity index is 2.59. The first-order valence-corrected chi connectivity index (χ1v) is 6.16. The number of hydrogen-bond acceptors (Lipinski definition) is 1. The van der Waals surface area contributed by atoms with E-state index in [-0.39, 0.29) is 5.91 Å². The molecule has 0 fully saturated rings. The van der Waals surface area contributed by atoms with Gasteiger partial charge in [-0.15, -0.1) is 0 Å². The van der Waals surface area contributed by atoms with Crippen molar-refractivity contribution in [2.45, 2.75) is 13.3 Å². The summed E-state index contributed by atoms with van der Waals surface area (Å²) in [5.74, 6) is -0.137. The molecule has 4 heteroatoms. The molecule has 0 saturated heterocycles. The number of benzene rings is 1. The largest absolute Gasteiger partial charge is 0.352 e. The van der Waals surface area contributed by atoms with E-state index in [1.807, 2.05) is 19.1 Å². The van der Waals surface area contributed by atoms with Crippen molar-refractivity contribution in [3.8, 4) is 0 Å². The molecule has 0 aliphatic heterocycles. The van der Waals surface area contributed by atoms with Crippen LogP contribution in [0, 0.1) is 0 Å². The third kappa shape index (κ3) is 3.99. The summed E-state index contributed by atoms with van der Waals surface area (Å²) in [5, 5.41) is 3.26. The maximum atomic E-state index is 11.7. The topological polar surface area (TPSA) is 29.1 Å². The molecular formula is C12H13BrClNO. The Bertz CT molecular complexity index is 404. The molecule has 0 spiro atoms. The maximum Gasteiger partial charge on any atom is 0.252 e. The number of halogens is 2. The van der Waals surface area contributed by atoms with Gasteiger partial charge in [-0.1, -0.05) is 39.7 Å². The Morgan fingerprint density at radius 1 is 1.56 bits per heavy atom. The summed E-state index contributed by atoms with van der Waals surface area (Å²) in [6, 6.07) is 5.21. The van der Waals surface area contributed by atoms with Crippen LogP contribution in [0.5, 0.6) is 0 Å². The van der Waals surface area contributed by atoms with Crippen molar-refractivity contribution in [3.05, 3.63) is 45.4 Å². The first-order valence-electron chi connectivity index (χ1n) is 4.99. The quantitative estimate of drug-likeness (QED) is 0.665. The summed E-state index contributed by atoms with van der Waals surface area (Å²) >= 11 is 9.25. The fourth-order valence-electron chi connectivity index (χ4n) is 1.20. The zero-order chi connectivity index (χ0) is 12.0. The lowest BCUT2D eigenvalue weighted by molar-refractivity contribution is 0.0954. The van der Waals surface area contributed by atoms with Gasteiger partial charge in [0, 0.05) is 11.0 Å². The number of nitrogens with one attached hydrogen (secondary N) is 1. The SMILES string of the molecule is C/C=C/CCNC(=O)c1ccc(Br)cc1Cl. The molecule has 1 aromatic carbocycles. The van der Waals surface area contributed by atoms with E-state index in [9.17, 15) is 4.79 Å². The zero-order valence-corrected chi connectivity index (χ0v) is 11.3. The summed E-state index contributed by atoms with van der Waals surface area (Å²) in [7, 11) is 0. The van der Waals surface area contributed by atoms with Crippen molar-refractivity contribution in [2.75, 3.05) is 6.54 Å². The van der Waals surface area contributed by atoms with Crippen molar-refractivity contribution in [3.63, 3.8) is 0 Å². The Morgan fingerprint density at radius 3 is 2.94 bits per heavy atom. The standard InChI is InChI=1S/C12H13BrClNO/c1-2-3-4-7-15-12(16)10-6-5-9(13)8-11(10)14/h2-3,5-6,8H,4,7H2,1H3,(H,15,16)/b3-2+. The molecule has 0 aromatic heterocycles. The fraction of sp³-hybridized carbons (Fsp3) is 0.250. The van der Waals surface area contributed by atoms with Gasteiger partial charge in [-0.05, 0) is 31.5 Å². The molecule has 0 aliphatic rings. The van der Waals surface area contributed by atoms with Gasteiger partial charge in [-0.3, -0.25) is 4.79 Å². The summed E-state index contributed by atoms with van der Waals surface area (Å²) in [5.41, 5.74) is 0.505. The number of carbonyl (C=O) groups excluding carboxylic acids is 1. The van der Waals surface area contributed by atoms with Crippen molar-refractivity contribution in [1.82, 2.24) is 5.32 Å². The number of rotatable bonds is 4. The van der Waals surface area contributed by atoms with Gasteiger partial charge in [-0.25, -0.2) is 0 Å². The van der Waals surface area contributed by atoms with Gasteiger partial charge in [-0.2, -0.15) is 0 Å². The van der Waals surface area contributed by atoms with Crippen LogP contribution in [0.25, 0.3) is 0 Å². The fourth-order valence-corrected chi connectivity index (χ4v) is 1.96. The van der Waals surface area contributed by atoms with E-state index < -0.39 is 0 Å². The van der Waals surface area contributed by atoms with Crippen LogP contribution in [0.1, 0.15) is 23.7 Å². The lowest BCUT2D eigenvalue weighted by Gasteiger charge is -2.05. The zero-order valence-electron chi connectivity index (χ0n) is 8.97. The second-order valence-electron chi connectivity index (χ2n) is 3.24. The molecule has 0 saturated carbocycles. The molecular weight excluding hydrogens is 289 g/mol.